The standard InChI is InChI=1S/C22H27ClN2O4S/c1-14(13-29-5)24-19(27)12-25-20(11-18(26)22(2,3)4)30-17(21(25)28)10-15-6-8-16(23)9-7-15/h6-11,14H,12-13H2,1-5H3,(H,24,27). The topological polar surface area (TPSA) is 77.4 Å². The fraction of sp³-hybridized carbons (Fsp3) is 0.409. The van der Waals surface area contributed by atoms with Crippen molar-refractivity contribution in [3.63, 3.8) is 0 Å². The molecule has 0 fully saturated rings. The minimum absolute atomic E-state index is 0.122. The first-order valence-electron chi connectivity index (χ1n) is 9.52. The number of aromatic nitrogens is 1. The first-order valence-corrected chi connectivity index (χ1v) is 10.7. The van der Waals surface area contributed by atoms with Gasteiger partial charge in [-0.25, -0.2) is 0 Å². The number of Topliss-reactive ketones (excluding diaryl/α,β-unsaturated/α-hetero) is 1. The number of thiazole rings is 1. The molecule has 0 spiro atoms. The molecule has 1 unspecified atom stereocenters. The Bertz CT molecular complexity index is 1080. The van der Waals surface area contributed by atoms with Crippen molar-refractivity contribution in [2.75, 3.05) is 13.7 Å². The Balaban J connectivity index is 2.52. The highest BCUT2D eigenvalue weighted by Gasteiger charge is 2.20. The molecule has 1 atom stereocenters. The first kappa shape index (κ1) is 24.1. The van der Waals surface area contributed by atoms with Crippen molar-refractivity contribution in [3.05, 3.63) is 54.4 Å². The second-order valence-corrected chi connectivity index (χ2v) is 9.57. The van der Waals surface area contributed by atoms with Crippen molar-refractivity contribution in [1.29, 1.82) is 0 Å². The summed E-state index contributed by atoms with van der Waals surface area (Å²) in [6, 6.07) is 6.88. The number of methoxy groups -OCH3 is 1. The molecule has 6 nitrogen and oxygen atoms in total. The van der Waals surface area contributed by atoms with Crippen LogP contribution in [0, 0.1) is 5.41 Å². The Hall–Kier alpha value is -2.22. The molecule has 0 aliphatic heterocycles. The van der Waals surface area contributed by atoms with E-state index in [1.165, 1.54) is 22.0 Å². The molecule has 30 heavy (non-hydrogen) atoms. The van der Waals surface area contributed by atoms with Crippen molar-refractivity contribution < 1.29 is 14.3 Å². The lowest BCUT2D eigenvalue weighted by atomic mass is 9.91. The van der Waals surface area contributed by atoms with Crippen molar-refractivity contribution in [2.24, 2.45) is 5.41 Å². The summed E-state index contributed by atoms with van der Waals surface area (Å²) >= 11 is 7.11. The molecule has 1 heterocycles. The van der Waals surface area contributed by atoms with Gasteiger partial charge in [0.05, 0.1) is 11.1 Å². The van der Waals surface area contributed by atoms with Gasteiger partial charge in [-0.05, 0) is 30.7 Å². The maximum atomic E-state index is 13.0. The van der Waals surface area contributed by atoms with Gasteiger partial charge in [-0.2, -0.15) is 0 Å². The molecule has 1 aromatic heterocycles. The normalized spacial score (nSPS) is 14.1. The molecule has 8 heteroatoms. The van der Waals surface area contributed by atoms with Crippen molar-refractivity contribution in [3.8, 4) is 0 Å². The van der Waals surface area contributed by atoms with Gasteiger partial charge in [0, 0.05) is 29.7 Å². The number of nitrogens with one attached hydrogen (secondary N) is 1. The maximum absolute atomic E-state index is 13.0. The molecular formula is C22H27ClN2O4S. The lowest BCUT2D eigenvalue weighted by molar-refractivity contribution is -0.123. The monoisotopic (exact) mass is 450 g/mol. The summed E-state index contributed by atoms with van der Waals surface area (Å²) in [4.78, 5) is 38.0. The van der Waals surface area contributed by atoms with Crippen LogP contribution >= 0.6 is 22.9 Å². The molecule has 162 valence electrons. The van der Waals surface area contributed by atoms with Gasteiger partial charge in [-0.1, -0.05) is 44.5 Å². The second kappa shape index (κ2) is 10.2. The number of carbonyl (C=O) groups is 2. The van der Waals surface area contributed by atoms with E-state index in [9.17, 15) is 14.4 Å². The number of hydrogen-bond donors (Lipinski definition) is 1. The maximum Gasteiger partial charge on any atom is 0.269 e. The summed E-state index contributed by atoms with van der Waals surface area (Å²) in [6.45, 7) is 7.42. The minimum Gasteiger partial charge on any atom is -0.383 e. The highest BCUT2D eigenvalue weighted by molar-refractivity contribution is 7.07. The molecule has 2 rings (SSSR count). The van der Waals surface area contributed by atoms with Crippen LogP contribution in [0.5, 0.6) is 0 Å². The van der Waals surface area contributed by atoms with Crippen LogP contribution in [0.4, 0.5) is 0 Å². The van der Waals surface area contributed by atoms with Crippen molar-refractivity contribution in [2.45, 2.75) is 40.3 Å². The lowest BCUT2D eigenvalue weighted by Crippen LogP contribution is -2.42. The zero-order valence-corrected chi connectivity index (χ0v) is 19.4. The third-order valence-corrected chi connectivity index (χ3v) is 5.54. The molecule has 1 amide bonds. The van der Waals surface area contributed by atoms with Crippen LogP contribution in [0.15, 0.2) is 29.1 Å². The Morgan fingerprint density at radius 2 is 1.90 bits per heavy atom. The summed E-state index contributed by atoms with van der Waals surface area (Å²) < 4.78 is 7.24. The fourth-order valence-corrected chi connectivity index (χ4v) is 3.76. The van der Waals surface area contributed by atoms with E-state index in [2.05, 4.69) is 5.32 Å². The zero-order valence-electron chi connectivity index (χ0n) is 17.8. The molecule has 0 saturated carbocycles. The van der Waals surface area contributed by atoms with Crippen LogP contribution in [0.25, 0.3) is 12.2 Å². The third kappa shape index (κ3) is 6.65. The summed E-state index contributed by atoms with van der Waals surface area (Å²) in [7, 11) is 1.55. The predicted octanol–water partition coefficient (Wildman–Crippen LogP) is 1.94. The quantitative estimate of drug-likeness (QED) is 0.699. The van der Waals surface area contributed by atoms with Gasteiger partial charge in [0.15, 0.2) is 5.78 Å². The van der Waals surface area contributed by atoms with E-state index in [0.717, 1.165) is 5.56 Å². The zero-order chi connectivity index (χ0) is 22.5. The van der Waals surface area contributed by atoms with Crippen LogP contribution in [0.3, 0.4) is 0 Å². The van der Waals surface area contributed by atoms with Gasteiger partial charge >= 0.3 is 0 Å². The molecule has 0 aliphatic carbocycles. The Morgan fingerprint density at radius 1 is 1.27 bits per heavy atom. The molecule has 2 aromatic rings. The van der Waals surface area contributed by atoms with E-state index < -0.39 is 5.41 Å². The molecule has 0 radical (unpaired) electrons. The van der Waals surface area contributed by atoms with Crippen LogP contribution in [0.1, 0.15) is 33.3 Å². The van der Waals surface area contributed by atoms with Gasteiger partial charge in [-0.3, -0.25) is 19.0 Å². The number of rotatable bonds is 7. The largest absolute Gasteiger partial charge is 0.383 e. The van der Waals surface area contributed by atoms with E-state index in [-0.39, 0.29) is 29.8 Å². The smallest absolute Gasteiger partial charge is 0.269 e. The number of ketones is 1. The van der Waals surface area contributed by atoms with E-state index in [4.69, 9.17) is 16.3 Å². The highest BCUT2D eigenvalue weighted by atomic mass is 35.5. The van der Waals surface area contributed by atoms with Crippen LogP contribution < -0.4 is 20.1 Å². The third-order valence-electron chi connectivity index (χ3n) is 4.22. The SMILES string of the molecule is COCC(C)NC(=O)Cn1c(=CC(=O)C(C)(C)C)sc(=Cc2ccc(Cl)cc2)c1=O. The molecular weight excluding hydrogens is 424 g/mol. The number of benzene rings is 1. The average molecular weight is 451 g/mol. The van der Waals surface area contributed by atoms with E-state index in [0.29, 0.717) is 20.8 Å². The Labute approximate surface area is 184 Å². The van der Waals surface area contributed by atoms with Gasteiger partial charge in [0.2, 0.25) is 5.91 Å². The minimum atomic E-state index is -0.597. The number of amides is 1. The van der Waals surface area contributed by atoms with Gasteiger partial charge in [0.25, 0.3) is 5.56 Å². The van der Waals surface area contributed by atoms with E-state index in [1.54, 1.807) is 37.5 Å². The number of halogens is 1. The Kier molecular flexibility index (Phi) is 8.18. The Morgan fingerprint density at radius 3 is 2.47 bits per heavy atom. The van der Waals surface area contributed by atoms with Crippen LogP contribution in [-0.4, -0.2) is 36.0 Å². The molecule has 0 bridgehead atoms. The first-order chi connectivity index (χ1) is 14.0. The summed E-state index contributed by atoms with van der Waals surface area (Å²) in [5.41, 5.74) is -0.116. The average Bonchev–Trinajstić information content (AvgIpc) is 2.91. The number of nitrogens with zero attached hydrogens (tertiary/aromatic N) is 1. The van der Waals surface area contributed by atoms with Crippen molar-refractivity contribution >= 4 is 46.8 Å². The predicted molar refractivity (Wildman–Crippen MR) is 121 cm³/mol. The molecule has 1 N–H and O–H groups in total. The molecule has 1 aromatic carbocycles. The number of hydrogen-bond acceptors (Lipinski definition) is 5. The number of carbonyl (C=O) groups excluding carboxylic acids is 2. The lowest BCUT2D eigenvalue weighted by Gasteiger charge is -2.14. The van der Waals surface area contributed by atoms with Gasteiger partial charge < -0.3 is 10.1 Å². The fourth-order valence-electron chi connectivity index (χ4n) is 2.59. The van der Waals surface area contributed by atoms with Gasteiger partial charge in [0.1, 0.15) is 11.2 Å². The van der Waals surface area contributed by atoms with E-state index in [1.807, 2.05) is 27.7 Å². The van der Waals surface area contributed by atoms with Crippen molar-refractivity contribution in [1.82, 2.24) is 9.88 Å². The molecule has 0 saturated heterocycles. The van der Waals surface area contributed by atoms with Crippen LogP contribution in [0.2, 0.25) is 5.02 Å². The van der Waals surface area contributed by atoms with Crippen LogP contribution in [-0.2, 0) is 20.9 Å². The second-order valence-electron chi connectivity index (χ2n) is 8.07. The summed E-state index contributed by atoms with van der Waals surface area (Å²) in [5.74, 6) is -0.445. The number of ether oxygens (including phenoxy) is 1. The molecule has 0 aliphatic rings. The highest BCUT2D eigenvalue weighted by Crippen LogP contribution is 2.15. The summed E-state index contributed by atoms with van der Waals surface area (Å²) in [6.07, 6.45) is 3.17. The summed E-state index contributed by atoms with van der Waals surface area (Å²) in [5, 5.41) is 3.39. The van der Waals surface area contributed by atoms with E-state index >= 15 is 0 Å². The van der Waals surface area contributed by atoms with Gasteiger partial charge in [-0.15, -0.1) is 11.3 Å².